The third-order valence-electron chi connectivity index (χ3n) is 7.05. The molecule has 0 fully saturated rings. The van der Waals surface area contributed by atoms with Gasteiger partial charge in [-0.2, -0.15) is 0 Å². The van der Waals surface area contributed by atoms with Crippen molar-refractivity contribution in [1.82, 2.24) is 0 Å². The smallest absolute Gasteiger partial charge is 0.269 e. The lowest BCUT2D eigenvalue weighted by Gasteiger charge is -2.41. The van der Waals surface area contributed by atoms with E-state index in [4.69, 9.17) is 11.5 Å². The third kappa shape index (κ3) is 5.28. The van der Waals surface area contributed by atoms with Crippen molar-refractivity contribution in [3.63, 3.8) is 0 Å². The molecular weight excluding hydrogens is 574 g/mol. The number of non-ortho nitro benzene ring substituents is 4. The van der Waals surface area contributed by atoms with Crippen LogP contribution in [0.1, 0.15) is 16.7 Å². The van der Waals surface area contributed by atoms with Crippen LogP contribution in [0.5, 0.6) is 0 Å². The van der Waals surface area contributed by atoms with Crippen LogP contribution in [-0.2, 0) is 0 Å². The number of nitrogens with two attached hydrogens (primary N) is 2. The van der Waals surface area contributed by atoms with Crippen molar-refractivity contribution < 1.29 is 19.7 Å². The maximum atomic E-state index is 11.3. The highest BCUT2D eigenvalue weighted by Crippen LogP contribution is 2.45. The molecule has 15 nitrogen and oxygen atoms in total. The molecule has 0 aromatic heterocycles. The fourth-order valence-electron chi connectivity index (χ4n) is 5.01. The normalized spacial score (nSPS) is 14.8. The lowest BCUT2D eigenvalue weighted by atomic mass is 9.85. The fraction of sp³-hybridized carbons (Fsp3) is 0.0345. The quantitative estimate of drug-likeness (QED) is 0.194. The average molecular weight is 596 g/mol. The van der Waals surface area contributed by atoms with Crippen molar-refractivity contribution in [2.75, 3.05) is 4.90 Å². The standard InChI is InChI=1S/C29H21N7O8/c30-27-25(17-1-7-21(8-2-17)33(37)38)26(18-3-9-22(10-4-18)34(39)40)29(31)32(20-13-15-24(16-14-20)36(43)44)28(27)19-5-11-23(12-6-19)35(41)42/h1-16,29H,30-31H2. The van der Waals surface area contributed by atoms with Gasteiger partial charge in [0.15, 0.2) is 0 Å². The summed E-state index contributed by atoms with van der Waals surface area (Å²) in [4.78, 5) is 44.7. The zero-order chi connectivity index (χ0) is 31.7. The van der Waals surface area contributed by atoms with Gasteiger partial charge in [-0.05, 0) is 59.7 Å². The van der Waals surface area contributed by atoms with Crippen LogP contribution in [0.15, 0.2) is 103 Å². The molecule has 220 valence electrons. The summed E-state index contributed by atoms with van der Waals surface area (Å²) in [6.07, 6.45) is -1.07. The molecule has 0 saturated heterocycles. The minimum atomic E-state index is -1.07. The minimum Gasteiger partial charge on any atom is -0.397 e. The maximum Gasteiger partial charge on any atom is 0.269 e. The first kappa shape index (κ1) is 29.0. The second kappa shape index (κ2) is 11.4. The fourth-order valence-corrected chi connectivity index (χ4v) is 5.01. The van der Waals surface area contributed by atoms with E-state index in [0.717, 1.165) is 0 Å². The predicted molar refractivity (Wildman–Crippen MR) is 161 cm³/mol. The van der Waals surface area contributed by atoms with Crippen molar-refractivity contribution >= 4 is 45.3 Å². The van der Waals surface area contributed by atoms with Crippen LogP contribution >= 0.6 is 0 Å². The molecule has 5 rings (SSSR count). The molecule has 4 aromatic rings. The Kier molecular flexibility index (Phi) is 7.53. The molecular formula is C29H21N7O8. The van der Waals surface area contributed by atoms with E-state index in [2.05, 4.69) is 0 Å². The number of rotatable bonds is 8. The Bertz CT molecular complexity index is 1870. The number of nitrogens with zero attached hydrogens (tertiary/aromatic N) is 5. The van der Waals surface area contributed by atoms with Crippen LogP contribution in [0.4, 0.5) is 28.4 Å². The Labute approximate surface area is 247 Å². The van der Waals surface area contributed by atoms with Crippen LogP contribution in [0.3, 0.4) is 0 Å². The van der Waals surface area contributed by atoms with Gasteiger partial charge in [-0.15, -0.1) is 0 Å². The molecule has 0 spiro atoms. The molecule has 0 amide bonds. The highest BCUT2D eigenvalue weighted by molar-refractivity contribution is 6.09. The topological polar surface area (TPSA) is 228 Å². The van der Waals surface area contributed by atoms with Crippen molar-refractivity contribution in [2.24, 2.45) is 11.5 Å². The Morgan fingerprint density at radius 3 is 1.25 bits per heavy atom. The van der Waals surface area contributed by atoms with E-state index in [1.165, 1.54) is 97.1 Å². The van der Waals surface area contributed by atoms with E-state index in [1.54, 1.807) is 4.90 Å². The molecule has 1 aliphatic heterocycles. The Morgan fingerprint density at radius 2 is 0.864 bits per heavy atom. The van der Waals surface area contributed by atoms with Gasteiger partial charge in [0.05, 0.1) is 31.1 Å². The summed E-state index contributed by atoms with van der Waals surface area (Å²) >= 11 is 0. The van der Waals surface area contributed by atoms with E-state index in [9.17, 15) is 40.5 Å². The first-order valence-electron chi connectivity index (χ1n) is 12.8. The summed E-state index contributed by atoms with van der Waals surface area (Å²) in [6.45, 7) is 0. The monoisotopic (exact) mass is 595 g/mol. The Morgan fingerprint density at radius 1 is 0.523 bits per heavy atom. The number of benzene rings is 4. The molecule has 0 saturated carbocycles. The molecule has 15 heteroatoms. The largest absolute Gasteiger partial charge is 0.397 e. The molecule has 1 aliphatic rings. The zero-order valence-electron chi connectivity index (χ0n) is 22.5. The lowest BCUT2D eigenvalue weighted by molar-refractivity contribution is -0.385. The lowest BCUT2D eigenvalue weighted by Crippen LogP contribution is -2.46. The van der Waals surface area contributed by atoms with Gasteiger partial charge in [0.1, 0.15) is 6.17 Å². The van der Waals surface area contributed by atoms with Gasteiger partial charge >= 0.3 is 0 Å². The first-order valence-corrected chi connectivity index (χ1v) is 12.8. The number of anilines is 1. The van der Waals surface area contributed by atoms with Crippen LogP contribution in [0.25, 0.3) is 16.8 Å². The molecule has 0 aliphatic carbocycles. The van der Waals surface area contributed by atoms with Crippen LogP contribution in [-0.4, -0.2) is 25.9 Å². The van der Waals surface area contributed by atoms with Crippen LogP contribution in [0.2, 0.25) is 0 Å². The summed E-state index contributed by atoms with van der Waals surface area (Å²) in [5.74, 6) is 0. The highest BCUT2D eigenvalue weighted by atomic mass is 16.6. The average Bonchev–Trinajstić information content (AvgIpc) is 3.01. The zero-order valence-corrected chi connectivity index (χ0v) is 22.5. The summed E-state index contributed by atoms with van der Waals surface area (Å²) in [6, 6.07) is 22.2. The van der Waals surface area contributed by atoms with Gasteiger partial charge < -0.3 is 16.4 Å². The summed E-state index contributed by atoms with van der Waals surface area (Å²) in [5, 5.41) is 45.4. The van der Waals surface area contributed by atoms with Crippen molar-refractivity contribution in [3.05, 3.63) is 160 Å². The van der Waals surface area contributed by atoms with E-state index in [-0.39, 0.29) is 28.4 Å². The van der Waals surface area contributed by atoms with Crippen molar-refractivity contribution in [1.29, 1.82) is 0 Å². The first-order chi connectivity index (χ1) is 21.0. The second-order valence-electron chi connectivity index (χ2n) is 9.55. The van der Waals surface area contributed by atoms with Gasteiger partial charge in [-0.3, -0.25) is 40.5 Å². The molecule has 0 radical (unpaired) electrons. The van der Waals surface area contributed by atoms with Gasteiger partial charge in [-0.1, -0.05) is 0 Å². The molecule has 0 bridgehead atoms. The van der Waals surface area contributed by atoms with Crippen LogP contribution < -0.4 is 16.4 Å². The van der Waals surface area contributed by atoms with Gasteiger partial charge in [0.2, 0.25) is 0 Å². The Hall–Kier alpha value is -6.48. The maximum absolute atomic E-state index is 11.3. The summed E-state index contributed by atoms with van der Waals surface area (Å²) in [5.41, 5.74) is 16.1. The summed E-state index contributed by atoms with van der Waals surface area (Å²) in [7, 11) is 0. The summed E-state index contributed by atoms with van der Waals surface area (Å²) < 4.78 is 0. The van der Waals surface area contributed by atoms with E-state index >= 15 is 0 Å². The second-order valence-corrected chi connectivity index (χ2v) is 9.55. The molecule has 44 heavy (non-hydrogen) atoms. The van der Waals surface area contributed by atoms with Crippen molar-refractivity contribution in [2.45, 2.75) is 6.17 Å². The van der Waals surface area contributed by atoms with Gasteiger partial charge in [0.25, 0.3) is 22.7 Å². The number of allylic oxidation sites excluding steroid dienone is 1. The number of nitro benzene ring substituents is 4. The highest BCUT2D eigenvalue weighted by Gasteiger charge is 2.36. The molecule has 1 atom stereocenters. The number of hydrogen-bond acceptors (Lipinski definition) is 11. The molecule has 1 unspecified atom stereocenters. The SMILES string of the molecule is NC1=C(c2ccc([N+](=O)[O-])cc2)N(c2ccc([N+](=O)[O-])cc2)C(N)C(c2ccc([N+](=O)[O-])cc2)=C1c1ccc([N+](=O)[O-])cc1. The van der Waals surface area contributed by atoms with E-state index in [0.29, 0.717) is 39.2 Å². The van der Waals surface area contributed by atoms with Gasteiger partial charge in [0, 0.05) is 70.9 Å². The molecule has 1 heterocycles. The van der Waals surface area contributed by atoms with Crippen LogP contribution in [0, 0.1) is 40.5 Å². The van der Waals surface area contributed by atoms with Crippen molar-refractivity contribution in [3.8, 4) is 0 Å². The van der Waals surface area contributed by atoms with E-state index in [1.807, 2.05) is 0 Å². The van der Waals surface area contributed by atoms with E-state index < -0.39 is 25.9 Å². The molecule has 4 aromatic carbocycles. The number of hydrogen-bond donors (Lipinski definition) is 2. The molecule has 4 N–H and O–H groups in total. The predicted octanol–water partition coefficient (Wildman–Crippen LogP) is 5.36. The minimum absolute atomic E-state index is 0.126. The van der Waals surface area contributed by atoms with Gasteiger partial charge in [-0.25, -0.2) is 0 Å². The Balaban J connectivity index is 1.82. The third-order valence-corrected chi connectivity index (χ3v) is 7.05. The number of nitro groups is 4.